The first kappa shape index (κ1) is 15.3. The molecular formula is C17H21NO3. The summed E-state index contributed by atoms with van der Waals surface area (Å²) in [5, 5.41) is 0. The molecule has 0 amide bonds. The number of esters is 1. The van der Waals surface area contributed by atoms with Gasteiger partial charge >= 0.3 is 5.97 Å². The van der Waals surface area contributed by atoms with E-state index in [0.29, 0.717) is 18.2 Å². The van der Waals surface area contributed by atoms with Crippen molar-refractivity contribution in [1.29, 1.82) is 0 Å². The molecule has 0 aliphatic rings. The van der Waals surface area contributed by atoms with Crippen LogP contribution in [0.2, 0.25) is 0 Å². The van der Waals surface area contributed by atoms with Gasteiger partial charge in [-0.15, -0.1) is 0 Å². The standard InChI is InChI=1S/C17H21NO3/c1-5-20-15(19)10-14-11-21-16(18-14)12-6-8-13(9-7-12)17(2,3)4/h6-9,11H,5,10H2,1-4H3. The van der Waals surface area contributed by atoms with Crippen LogP contribution in [0.3, 0.4) is 0 Å². The Balaban J connectivity index is 2.12. The number of oxazole rings is 1. The lowest BCUT2D eigenvalue weighted by Crippen LogP contribution is -2.10. The van der Waals surface area contributed by atoms with Gasteiger partial charge in [0.15, 0.2) is 0 Å². The van der Waals surface area contributed by atoms with Crippen molar-refractivity contribution in [2.24, 2.45) is 0 Å². The molecule has 0 spiro atoms. The van der Waals surface area contributed by atoms with E-state index in [4.69, 9.17) is 9.15 Å². The zero-order valence-electron chi connectivity index (χ0n) is 13.0. The monoisotopic (exact) mass is 287 g/mol. The van der Waals surface area contributed by atoms with Gasteiger partial charge < -0.3 is 9.15 Å². The molecule has 112 valence electrons. The van der Waals surface area contributed by atoms with E-state index < -0.39 is 0 Å². The van der Waals surface area contributed by atoms with Gasteiger partial charge in [0.05, 0.1) is 18.7 Å². The summed E-state index contributed by atoms with van der Waals surface area (Å²) in [7, 11) is 0. The Bertz CT molecular complexity index is 606. The second-order valence-electron chi connectivity index (χ2n) is 5.95. The van der Waals surface area contributed by atoms with Crippen molar-refractivity contribution >= 4 is 5.97 Å². The van der Waals surface area contributed by atoms with Crippen molar-refractivity contribution in [2.75, 3.05) is 6.61 Å². The number of rotatable bonds is 4. The van der Waals surface area contributed by atoms with Crippen LogP contribution in [0.1, 0.15) is 39.0 Å². The average Bonchev–Trinajstić information content (AvgIpc) is 2.86. The molecule has 1 aromatic carbocycles. The number of hydrogen-bond donors (Lipinski definition) is 0. The maximum Gasteiger partial charge on any atom is 0.311 e. The highest BCUT2D eigenvalue weighted by Gasteiger charge is 2.15. The first-order chi connectivity index (χ1) is 9.90. The number of benzene rings is 1. The summed E-state index contributed by atoms with van der Waals surface area (Å²) >= 11 is 0. The van der Waals surface area contributed by atoms with Crippen LogP contribution in [0.15, 0.2) is 34.9 Å². The van der Waals surface area contributed by atoms with E-state index in [1.54, 1.807) is 6.92 Å². The number of carbonyl (C=O) groups is 1. The Morgan fingerprint density at radius 1 is 1.24 bits per heavy atom. The molecule has 0 aliphatic carbocycles. The fraction of sp³-hybridized carbons (Fsp3) is 0.412. The third kappa shape index (κ3) is 3.94. The van der Waals surface area contributed by atoms with Gasteiger partial charge in [-0.25, -0.2) is 4.98 Å². The van der Waals surface area contributed by atoms with Gasteiger partial charge in [0.2, 0.25) is 5.89 Å². The van der Waals surface area contributed by atoms with E-state index in [1.807, 2.05) is 12.1 Å². The third-order valence-corrected chi connectivity index (χ3v) is 3.18. The Morgan fingerprint density at radius 3 is 2.48 bits per heavy atom. The zero-order valence-corrected chi connectivity index (χ0v) is 13.0. The minimum absolute atomic E-state index is 0.115. The fourth-order valence-corrected chi connectivity index (χ4v) is 1.99. The van der Waals surface area contributed by atoms with Crippen molar-refractivity contribution in [2.45, 2.75) is 39.5 Å². The van der Waals surface area contributed by atoms with E-state index >= 15 is 0 Å². The summed E-state index contributed by atoms with van der Waals surface area (Å²) in [5.41, 5.74) is 2.86. The highest BCUT2D eigenvalue weighted by Crippen LogP contribution is 2.25. The van der Waals surface area contributed by atoms with Crippen LogP contribution in [0.5, 0.6) is 0 Å². The van der Waals surface area contributed by atoms with Crippen LogP contribution in [-0.4, -0.2) is 17.6 Å². The molecule has 0 saturated carbocycles. The molecule has 0 unspecified atom stereocenters. The maximum atomic E-state index is 11.4. The molecule has 4 heteroatoms. The van der Waals surface area contributed by atoms with Gasteiger partial charge in [0.1, 0.15) is 6.26 Å². The Labute approximate surface area is 125 Å². The minimum atomic E-state index is -0.291. The first-order valence-electron chi connectivity index (χ1n) is 7.11. The largest absolute Gasteiger partial charge is 0.466 e. The first-order valence-corrected chi connectivity index (χ1v) is 7.11. The SMILES string of the molecule is CCOC(=O)Cc1coc(-c2ccc(C(C)(C)C)cc2)n1. The molecule has 0 aliphatic heterocycles. The smallest absolute Gasteiger partial charge is 0.311 e. The van der Waals surface area contributed by atoms with Crippen molar-refractivity contribution in [3.05, 3.63) is 41.8 Å². The molecule has 2 aromatic rings. The van der Waals surface area contributed by atoms with Crippen LogP contribution in [-0.2, 0) is 21.4 Å². The van der Waals surface area contributed by atoms with Gasteiger partial charge in [-0.2, -0.15) is 0 Å². The predicted molar refractivity (Wildman–Crippen MR) is 81.0 cm³/mol. The highest BCUT2D eigenvalue weighted by atomic mass is 16.5. The van der Waals surface area contributed by atoms with Crippen LogP contribution in [0.25, 0.3) is 11.5 Å². The summed E-state index contributed by atoms with van der Waals surface area (Å²) in [4.78, 5) is 15.7. The number of aromatic nitrogens is 1. The van der Waals surface area contributed by atoms with Gasteiger partial charge in [-0.1, -0.05) is 32.9 Å². The lowest BCUT2D eigenvalue weighted by molar-refractivity contribution is -0.142. The van der Waals surface area contributed by atoms with Crippen molar-refractivity contribution in [3.8, 4) is 11.5 Å². The molecule has 4 nitrogen and oxygen atoms in total. The minimum Gasteiger partial charge on any atom is -0.466 e. The maximum absolute atomic E-state index is 11.4. The molecule has 21 heavy (non-hydrogen) atoms. The van der Waals surface area contributed by atoms with Crippen molar-refractivity contribution in [3.63, 3.8) is 0 Å². The van der Waals surface area contributed by atoms with Crippen LogP contribution in [0.4, 0.5) is 0 Å². The number of carbonyl (C=O) groups excluding carboxylic acids is 1. The topological polar surface area (TPSA) is 52.3 Å². The molecular weight excluding hydrogens is 266 g/mol. The number of hydrogen-bond acceptors (Lipinski definition) is 4. The Hall–Kier alpha value is -2.10. The number of ether oxygens (including phenoxy) is 1. The summed E-state index contributed by atoms with van der Waals surface area (Å²) in [5.74, 6) is 0.232. The Kier molecular flexibility index (Phi) is 4.46. The molecule has 0 atom stereocenters. The van der Waals surface area contributed by atoms with Crippen molar-refractivity contribution in [1.82, 2.24) is 4.98 Å². The normalized spacial score (nSPS) is 11.4. The van der Waals surface area contributed by atoms with Crippen LogP contribution in [0, 0.1) is 0 Å². The molecule has 1 heterocycles. The van der Waals surface area contributed by atoms with Gasteiger partial charge in [0.25, 0.3) is 0 Å². The molecule has 0 bridgehead atoms. The van der Waals surface area contributed by atoms with E-state index in [0.717, 1.165) is 5.56 Å². The third-order valence-electron chi connectivity index (χ3n) is 3.18. The van der Waals surface area contributed by atoms with Gasteiger partial charge in [0, 0.05) is 5.56 Å². The lowest BCUT2D eigenvalue weighted by Gasteiger charge is -2.18. The highest BCUT2D eigenvalue weighted by molar-refractivity contribution is 5.72. The van der Waals surface area contributed by atoms with Crippen LogP contribution >= 0.6 is 0 Å². The molecule has 0 radical (unpaired) electrons. The molecule has 1 aromatic heterocycles. The second-order valence-corrected chi connectivity index (χ2v) is 5.95. The summed E-state index contributed by atoms with van der Waals surface area (Å²) in [6.45, 7) is 8.67. The summed E-state index contributed by atoms with van der Waals surface area (Å²) in [6, 6.07) is 8.12. The fourth-order valence-electron chi connectivity index (χ4n) is 1.99. The van der Waals surface area contributed by atoms with Gasteiger partial charge in [-0.3, -0.25) is 4.79 Å². The average molecular weight is 287 g/mol. The summed E-state index contributed by atoms with van der Waals surface area (Å²) in [6.07, 6.45) is 1.64. The van der Waals surface area contributed by atoms with E-state index in [-0.39, 0.29) is 17.8 Å². The molecule has 2 rings (SSSR count). The Morgan fingerprint density at radius 2 is 1.90 bits per heavy atom. The van der Waals surface area contributed by atoms with E-state index in [2.05, 4.69) is 37.9 Å². The lowest BCUT2D eigenvalue weighted by atomic mass is 9.87. The molecule has 0 saturated heterocycles. The zero-order chi connectivity index (χ0) is 15.5. The van der Waals surface area contributed by atoms with E-state index in [9.17, 15) is 4.79 Å². The summed E-state index contributed by atoms with van der Waals surface area (Å²) < 4.78 is 10.3. The second kappa shape index (κ2) is 6.12. The van der Waals surface area contributed by atoms with Crippen LogP contribution < -0.4 is 0 Å². The molecule has 0 fully saturated rings. The van der Waals surface area contributed by atoms with E-state index in [1.165, 1.54) is 11.8 Å². The quantitative estimate of drug-likeness (QED) is 0.804. The number of nitrogens with zero attached hydrogens (tertiary/aromatic N) is 1. The predicted octanol–water partition coefficient (Wildman–Crippen LogP) is 3.74. The molecule has 0 N–H and O–H groups in total. The van der Waals surface area contributed by atoms with Gasteiger partial charge in [-0.05, 0) is 30.0 Å². The van der Waals surface area contributed by atoms with Crippen molar-refractivity contribution < 1.29 is 13.9 Å².